The molecule has 1 saturated heterocycles. The van der Waals surface area contributed by atoms with Gasteiger partial charge in [0.25, 0.3) is 0 Å². The summed E-state index contributed by atoms with van der Waals surface area (Å²) in [5.74, 6) is -0.506. The van der Waals surface area contributed by atoms with Gasteiger partial charge in [-0.15, -0.1) is 0 Å². The van der Waals surface area contributed by atoms with Crippen LogP contribution in [0.4, 0.5) is 0 Å². The van der Waals surface area contributed by atoms with Crippen molar-refractivity contribution in [2.24, 2.45) is 5.92 Å². The molecular formula is C18H22Cl2N2O4S. The van der Waals surface area contributed by atoms with Crippen molar-refractivity contribution < 1.29 is 19.0 Å². The molecule has 0 amide bonds. The fourth-order valence-corrected chi connectivity index (χ4v) is 4.70. The summed E-state index contributed by atoms with van der Waals surface area (Å²) < 4.78 is 16.8. The summed E-state index contributed by atoms with van der Waals surface area (Å²) in [5, 5.41) is 4.62. The smallest absolute Gasteiger partial charge is 0.317 e. The van der Waals surface area contributed by atoms with E-state index in [4.69, 9.17) is 49.6 Å². The molecule has 9 heteroatoms. The van der Waals surface area contributed by atoms with E-state index in [9.17, 15) is 4.79 Å². The molecule has 3 rings (SSSR count). The number of nitrogens with one attached hydrogen (secondary N) is 1. The van der Waals surface area contributed by atoms with Crippen LogP contribution in [0, 0.1) is 5.92 Å². The molecule has 0 saturated carbocycles. The average molecular weight is 433 g/mol. The van der Waals surface area contributed by atoms with Crippen LogP contribution in [-0.4, -0.2) is 48.6 Å². The van der Waals surface area contributed by atoms with Crippen LogP contribution in [0.5, 0.6) is 5.75 Å². The minimum Gasteiger partial charge on any atom is -0.466 e. The summed E-state index contributed by atoms with van der Waals surface area (Å²) >= 11 is 18.2. The van der Waals surface area contributed by atoms with E-state index in [0.29, 0.717) is 39.6 Å². The minimum atomic E-state index is -1.04. The van der Waals surface area contributed by atoms with Crippen LogP contribution >= 0.6 is 35.4 Å². The van der Waals surface area contributed by atoms with Crippen LogP contribution in [-0.2, 0) is 14.3 Å². The zero-order chi connectivity index (χ0) is 19.8. The highest BCUT2D eigenvalue weighted by atomic mass is 35.5. The summed E-state index contributed by atoms with van der Waals surface area (Å²) in [6.45, 7) is 5.01. The van der Waals surface area contributed by atoms with E-state index < -0.39 is 17.7 Å². The highest BCUT2D eigenvalue weighted by molar-refractivity contribution is 7.80. The Morgan fingerprint density at radius 1 is 1.44 bits per heavy atom. The first-order chi connectivity index (χ1) is 12.8. The first-order valence-electron chi connectivity index (χ1n) is 8.75. The molecule has 2 bridgehead atoms. The van der Waals surface area contributed by atoms with Gasteiger partial charge < -0.3 is 24.4 Å². The van der Waals surface area contributed by atoms with Crippen LogP contribution in [0.2, 0.25) is 10.0 Å². The Labute approximate surface area is 174 Å². The number of carbonyl (C=O) groups excluding carboxylic acids is 1. The molecule has 1 N–H and O–H groups in total. The molecule has 148 valence electrons. The van der Waals surface area contributed by atoms with Gasteiger partial charge in [-0.3, -0.25) is 4.79 Å². The minimum absolute atomic E-state index is 0.273. The Hall–Kier alpha value is -1.28. The number of thiocarbonyl (C=S) groups is 1. The molecule has 1 fully saturated rings. The van der Waals surface area contributed by atoms with Crippen LogP contribution in [0.25, 0.3) is 0 Å². The predicted molar refractivity (Wildman–Crippen MR) is 107 cm³/mol. The fraction of sp³-hybridized carbons (Fsp3) is 0.556. The first-order valence-corrected chi connectivity index (χ1v) is 9.91. The number of benzene rings is 1. The third-order valence-corrected chi connectivity index (χ3v) is 5.76. The Balaban J connectivity index is 2.09. The van der Waals surface area contributed by atoms with Crippen molar-refractivity contribution in [2.45, 2.75) is 32.0 Å². The molecule has 0 radical (unpaired) electrons. The highest BCUT2D eigenvalue weighted by Crippen LogP contribution is 2.51. The van der Waals surface area contributed by atoms with Gasteiger partial charge in [0, 0.05) is 30.8 Å². The Bertz CT molecular complexity index is 763. The standard InChI is InChI=1S/C18H22Cl2N2O4S/c1-4-25-16(23)13-14-11-8-10(19)9-12(20)15(11)26-18(13,2)22(17(27)21-14)6-5-7-24-3/h8-9,13-14H,4-7H2,1-3H3,(H,21,27)/t13-,14+,18+/m1/s1. The molecule has 0 spiro atoms. The summed E-state index contributed by atoms with van der Waals surface area (Å²) in [4.78, 5) is 14.7. The molecule has 2 aliphatic heterocycles. The van der Waals surface area contributed by atoms with E-state index in [-0.39, 0.29) is 12.6 Å². The SMILES string of the molecule is CCOC(=O)[C@H]1[C@H]2NC(=S)N(CCCOC)[C@@]1(C)Oc1c(Cl)cc(Cl)cc12. The number of halogens is 2. The van der Waals surface area contributed by atoms with Gasteiger partial charge in [0.05, 0.1) is 17.7 Å². The number of methoxy groups -OCH3 is 1. The second-order valence-electron chi connectivity index (χ2n) is 6.62. The fourth-order valence-electron chi connectivity index (χ4n) is 3.75. The molecule has 27 heavy (non-hydrogen) atoms. The molecule has 2 heterocycles. The maximum absolute atomic E-state index is 12.9. The quantitative estimate of drug-likeness (QED) is 0.418. The van der Waals surface area contributed by atoms with Crippen molar-refractivity contribution in [3.05, 3.63) is 27.7 Å². The van der Waals surface area contributed by atoms with Crippen molar-refractivity contribution in [3.8, 4) is 5.75 Å². The molecule has 0 aromatic heterocycles. The van der Waals surface area contributed by atoms with E-state index in [0.717, 1.165) is 6.42 Å². The maximum atomic E-state index is 12.9. The van der Waals surface area contributed by atoms with Crippen LogP contribution in [0.15, 0.2) is 12.1 Å². The molecule has 6 nitrogen and oxygen atoms in total. The van der Waals surface area contributed by atoms with Gasteiger partial charge >= 0.3 is 5.97 Å². The van der Waals surface area contributed by atoms with Gasteiger partial charge in [-0.05, 0) is 44.6 Å². The number of nitrogens with zero attached hydrogens (tertiary/aromatic N) is 1. The normalized spacial score (nSPS) is 26.1. The second kappa shape index (κ2) is 7.99. The van der Waals surface area contributed by atoms with E-state index >= 15 is 0 Å². The third-order valence-electron chi connectivity index (χ3n) is 4.92. The zero-order valence-corrected chi connectivity index (χ0v) is 17.7. The van der Waals surface area contributed by atoms with Gasteiger partial charge in [0.2, 0.25) is 0 Å². The van der Waals surface area contributed by atoms with Crippen LogP contribution < -0.4 is 10.1 Å². The first kappa shape index (κ1) is 20.5. The molecule has 2 aliphatic rings. The van der Waals surface area contributed by atoms with Gasteiger partial charge in [-0.25, -0.2) is 0 Å². The van der Waals surface area contributed by atoms with Gasteiger partial charge in [-0.1, -0.05) is 23.2 Å². The zero-order valence-electron chi connectivity index (χ0n) is 15.4. The lowest BCUT2D eigenvalue weighted by molar-refractivity contribution is -0.175. The van der Waals surface area contributed by atoms with E-state index in [1.165, 1.54) is 0 Å². The maximum Gasteiger partial charge on any atom is 0.317 e. The predicted octanol–water partition coefficient (Wildman–Crippen LogP) is 3.55. The van der Waals surface area contributed by atoms with Crippen LogP contribution in [0.3, 0.4) is 0 Å². The van der Waals surface area contributed by atoms with Crippen molar-refractivity contribution in [1.29, 1.82) is 0 Å². The number of carbonyl (C=O) groups is 1. The van der Waals surface area contributed by atoms with Crippen molar-refractivity contribution in [1.82, 2.24) is 10.2 Å². The van der Waals surface area contributed by atoms with E-state index in [1.807, 2.05) is 11.8 Å². The van der Waals surface area contributed by atoms with Crippen molar-refractivity contribution in [3.63, 3.8) is 0 Å². The van der Waals surface area contributed by atoms with Crippen molar-refractivity contribution >= 4 is 46.5 Å². The Morgan fingerprint density at radius 3 is 2.85 bits per heavy atom. The summed E-state index contributed by atoms with van der Waals surface area (Å²) in [6, 6.07) is 2.93. The van der Waals surface area contributed by atoms with E-state index in [1.54, 1.807) is 26.2 Å². The molecule has 0 unspecified atom stereocenters. The molecular weight excluding hydrogens is 411 g/mol. The lowest BCUT2D eigenvalue weighted by atomic mass is 9.79. The van der Waals surface area contributed by atoms with Gasteiger partial charge in [0.15, 0.2) is 10.8 Å². The van der Waals surface area contributed by atoms with Crippen molar-refractivity contribution in [2.75, 3.05) is 26.9 Å². The summed E-state index contributed by atoms with van der Waals surface area (Å²) in [7, 11) is 1.64. The van der Waals surface area contributed by atoms with E-state index in [2.05, 4.69) is 5.32 Å². The second-order valence-corrected chi connectivity index (χ2v) is 7.85. The number of fused-ring (bicyclic) bond motifs is 4. The Morgan fingerprint density at radius 2 is 2.19 bits per heavy atom. The lowest BCUT2D eigenvalue weighted by Gasteiger charge is -2.55. The Kier molecular flexibility index (Phi) is 6.05. The largest absolute Gasteiger partial charge is 0.466 e. The summed E-state index contributed by atoms with van der Waals surface area (Å²) in [5.41, 5.74) is -0.348. The highest BCUT2D eigenvalue weighted by Gasteiger charge is 2.59. The topological polar surface area (TPSA) is 60.0 Å². The van der Waals surface area contributed by atoms with Crippen LogP contribution in [0.1, 0.15) is 31.9 Å². The molecule has 0 aliphatic carbocycles. The molecule has 3 atom stereocenters. The molecule has 1 aromatic rings. The molecule has 1 aromatic carbocycles. The average Bonchev–Trinajstić information content (AvgIpc) is 2.59. The number of hydrogen-bond donors (Lipinski definition) is 1. The number of hydrogen-bond acceptors (Lipinski definition) is 5. The number of esters is 1. The third kappa shape index (κ3) is 3.58. The number of ether oxygens (including phenoxy) is 3. The number of rotatable bonds is 6. The van der Waals surface area contributed by atoms with Gasteiger partial charge in [-0.2, -0.15) is 0 Å². The lowest BCUT2D eigenvalue weighted by Crippen LogP contribution is -2.71. The monoisotopic (exact) mass is 432 g/mol. The van der Waals surface area contributed by atoms with Gasteiger partial charge in [0.1, 0.15) is 11.7 Å². The summed E-state index contributed by atoms with van der Waals surface area (Å²) in [6.07, 6.45) is 0.721.